The molecule has 1 saturated heterocycles. The summed E-state index contributed by atoms with van der Waals surface area (Å²) < 4.78 is 0. The van der Waals surface area contributed by atoms with Gasteiger partial charge in [-0.3, -0.25) is 9.88 Å². The SMILES string of the molecule is Cc1ccc(C)c(C(c2cccnc2)N2CCNCC2)c1. The first-order chi connectivity index (χ1) is 10.3. The largest absolute Gasteiger partial charge is 0.314 e. The van der Waals surface area contributed by atoms with Crippen molar-refractivity contribution in [2.24, 2.45) is 0 Å². The Labute approximate surface area is 127 Å². The minimum Gasteiger partial charge on any atom is -0.314 e. The highest BCUT2D eigenvalue weighted by Crippen LogP contribution is 2.31. The van der Waals surface area contributed by atoms with Gasteiger partial charge in [-0.2, -0.15) is 0 Å². The molecule has 1 aromatic carbocycles. The van der Waals surface area contributed by atoms with E-state index < -0.39 is 0 Å². The molecule has 1 unspecified atom stereocenters. The number of pyridine rings is 1. The molecule has 3 heteroatoms. The van der Waals surface area contributed by atoms with Crippen LogP contribution in [0, 0.1) is 13.8 Å². The predicted molar refractivity (Wildman–Crippen MR) is 86.4 cm³/mol. The Balaban J connectivity index is 2.05. The number of hydrogen-bond acceptors (Lipinski definition) is 3. The topological polar surface area (TPSA) is 28.2 Å². The van der Waals surface area contributed by atoms with Crippen LogP contribution in [0.3, 0.4) is 0 Å². The van der Waals surface area contributed by atoms with Gasteiger partial charge >= 0.3 is 0 Å². The second-order valence-electron chi connectivity index (χ2n) is 5.83. The van der Waals surface area contributed by atoms with Gasteiger partial charge in [0.2, 0.25) is 0 Å². The molecule has 0 amide bonds. The van der Waals surface area contributed by atoms with Gasteiger partial charge in [0, 0.05) is 38.6 Å². The first-order valence-electron chi connectivity index (χ1n) is 7.67. The van der Waals surface area contributed by atoms with Crippen molar-refractivity contribution in [1.29, 1.82) is 0 Å². The Bertz CT molecular complexity index is 589. The van der Waals surface area contributed by atoms with Gasteiger partial charge < -0.3 is 5.32 Å². The summed E-state index contributed by atoms with van der Waals surface area (Å²) >= 11 is 0. The van der Waals surface area contributed by atoms with E-state index in [1.165, 1.54) is 22.3 Å². The van der Waals surface area contributed by atoms with E-state index in [0.717, 1.165) is 26.2 Å². The van der Waals surface area contributed by atoms with E-state index in [2.05, 4.69) is 53.3 Å². The Morgan fingerprint density at radius 1 is 1.14 bits per heavy atom. The lowest BCUT2D eigenvalue weighted by atomic mass is 9.92. The zero-order valence-corrected chi connectivity index (χ0v) is 12.8. The second kappa shape index (κ2) is 6.37. The smallest absolute Gasteiger partial charge is 0.0620 e. The molecule has 0 radical (unpaired) electrons. The zero-order valence-electron chi connectivity index (χ0n) is 12.8. The van der Waals surface area contributed by atoms with Crippen molar-refractivity contribution in [3.05, 3.63) is 65.0 Å². The molecule has 0 saturated carbocycles. The maximum atomic E-state index is 4.34. The summed E-state index contributed by atoms with van der Waals surface area (Å²) in [7, 11) is 0. The van der Waals surface area contributed by atoms with E-state index in [9.17, 15) is 0 Å². The molecule has 2 aromatic rings. The molecule has 2 heterocycles. The van der Waals surface area contributed by atoms with Gasteiger partial charge in [0.15, 0.2) is 0 Å². The minimum atomic E-state index is 0.306. The molecule has 21 heavy (non-hydrogen) atoms. The number of aromatic nitrogens is 1. The summed E-state index contributed by atoms with van der Waals surface area (Å²) in [5.41, 5.74) is 5.37. The van der Waals surface area contributed by atoms with E-state index in [1.54, 1.807) is 0 Å². The lowest BCUT2D eigenvalue weighted by molar-refractivity contribution is 0.197. The number of nitrogens with zero attached hydrogens (tertiary/aromatic N) is 2. The number of hydrogen-bond donors (Lipinski definition) is 1. The van der Waals surface area contributed by atoms with Crippen molar-refractivity contribution < 1.29 is 0 Å². The number of nitrogens with one attached hydrogen (secondary N) is 1. The van der Waals surface area contributed by atoms with Crippen LogP contribution in [-0.4, -0.2) is 36.1 Å². The van der Waals surface area contributed by atoms with Crippen molar-refractivity contribution in [3.8, 4) is 0 Å². The summed E-state index contributed by atoms with van der Waals surface area (Å²) in [6, 6.07) is 11.3. The maximum Gasteiger partial charge on any atom is 0.0620 e. The van der Waals surface area contributed by atoms with Gasteiger partial charge in [-0.05, 0) is 36.6 Å². The summed E-state index contributed by atoms with van der Waals surface area (Å²) in [6.45, 7) is 8.64. The molecule has 0 spiro atoms. The van der Waals surface area contributed by atoms with E-state index in [4.69, 9.17) is 0 Å². The number of rotatable bonds is 3. The molecule has 1 aliphatic rings. The minimum absolute atomic E-state index is 0.306. The van der Waals surface area contributed by atoms with Crippen LogP contribution in [-0.2, 0) is 0 Å². The fourth-order valence-electron chi connectivity index (χ4n) is 3.12. The van der Waals surface area contributed by atoms with E-state index in [-0.39, 0.29) is 0 Å². The van der Waals surface area contributed by atoms with Crippen LogP contribution in [0.1, 0.15) is 28.3 Å². The van der Waals surface area contributed by atoms with Gasteiger partial charge in [-0.25, -0.2) is 0 Å². The average Bonchev–Trinajstić information content (AvgIpc) is 2.53. The number of aryl methyl sites for hydroxylation is 2. The van der Waals surface area contributed by atoms with E-state index >= 15 is 0 Å². The van der Waals surface area contributed by atoms with Crippen LogP contribution in [0.15, 0.2) is 42.7 Å². The third kappa shape index (κ3) is 3.14. The Hall–Kier alpha value is -1.71. The van der Waals surface area contributed by atoms with Crippen LogP contribution >= 0.6 is 0 Å². The van der Waals surface area contributed by atoms with Crippen molar-refractivity contribution in [3.63, 3.8) is 0 Å². The third-order valence-corrected chi connectivity index (χ3v) is 4.25. The van der Waals surface area contributed by atoms with Crippen molar-refractivity contribution >= 4 is 0 Å². The standard InChI is InChI=1S/C18H23N3/c1-14-5-6-15(2)17(12-14)18(16-4-3-7-20-13-16)21-10-8-19-9-11-21/h3-7,12-13,18-19H,8-11H2,1-2H3. The van der Waals surface area contributed by atoms with Gasteiger partial charge in [-0.15, -0.1) is 0 Å². The Morgan fingerprint density at radius 2 is 1.95 bits per heavy atom. The second-order valence-corrected chi connectivity index (χ2v) is 5.83. The molecule has 3 rings (SSSR count). The lowest BCUT2D eigenvalue weighted by Gasteiger charge is -2.36. The molecule has 1 N–H and O–H groups in total. The predicted octanol–water partition coefficient (Wildman–Crippen LogP) is 2.69. The highest BCUT2D eigenvalue weighted by Gasteiger charge is 2.25. The lowest BCUT2D eigenvalue weighted by Crippen LogP contribution is -2.45. The highest BCUT2D eigenvalue weighted by atomic mass is 15.2. The zero-order chi connectivity index (χ0) is 14.7. The normalized spacial score (nSPS) is 17.6. The third-order valence-electron chi connectivity index (χ3n) is 4.25. The van der Waals surface area contributed by atoms with Crippen LogP contribution in [0.25, 0.3) is 0 Å². The monoisotopic (exact) mass is 281 g/mol. The Morgan fingerprint density at radius 3 is 2.67 bits per heavy atom. The molecule has 3 nitrogen and oxygen atoms in total. The van der Waals surface area contributed by atoms with Crippen LogP contribution in [0.4, 0.5) is 0 Å². The van der Waals surface area contributed by atoms with E-state index in [0.29, 0.717) is 6.04 Å². The molecule has 110 valence electrons. The number of piperazine rings is 1. The highest BCUT2D eigenvalue weighted by molar-refractivity contribution is 5.38. The van der Waals surface area contributed by atoms with Crippen molar-refractivity contribution in [2.75, 3.05) is 26.2 Å². The molecule has 1 fully saturated rings. The average molecular weight is 281 g/mol. The van der Waals surface area contributed by atoms with Gasteiger partial charge in [0.1, 0.15) is 0 Å². The quantitative estimate of drug-likeness (QED) is 0.937. The number of benzene rings is 1. The fourth-order valence-corrected chi connectivity index (χ4v) is 3.12. The van der Waals surface area contributed by atoms with Gasteiger partial charge in [-0.1, -0.05) is 29.8 Å². The van der Waals surface area contributed by atoms with Crippen molar-refractivity contribution in [2.45, 2.75) is 19.9 Å². The maximum absolute atomic E-state index is 4.34. The van der Waals surface area contributed by atoms with Gasteiger partial charge in [0.05, 0.1) is 6.04 Å². The van der Waals surface area contributed by atoms with Crippen LogP contribution < -0.4 is 5.32 Å². The first kappa shape index (κ1) is 14.2. The van der Waals surface area contributed by atoms with Crippen LogP contribution in [0.2, 0.25) is 0 Å². The molecule has 1 aromatic heterocycles. The molecule has 1 atom stereocenters. The van der Waals surface area contributed by atoms with Crippen molar-refractivity contribution in [1.82, 2.24) is 15.2 Å². The van der Waals surface area contributed by atoms with E-state index in [1.807, 2.05) is 18.5 Å². The summed E-state index contributed by atoms with van der Waals surface area (Å²) in [4.78, 5) is 6.90. The molecular weight excluding hydrogens is 258 g/mol. The summed E-state index contributed by atoms with van der Waals surface area (Å²) in [5.74, 6) is 0. The molecule has 0 aliphatic carbocycles. The molecule has 0 bridgehead atoms. The summed E-state index contributed by atoms with van der Waals surface area (Å²) in [6.07, 6.45) is 3.86. The first-order valence-corrected chi connectivity index (χ1v) is 7.67. The molecule has 1 aliphatic heterocycles. The van der Waals surface area contributed by atoms with Gasteiger partial charge in [0.25, 0.3) is 0 Å². The Kier molecular flexibility index (Phi) is 4.32. The molecular formula is C18H23N3. The fraction of sp³-hybridized carbons (Fsp3) is 0.389. The summed E-state index contributed by atoms with van der Waals surface area (Å²) in [5, 5.41) is 3.44. The van der Waals surface area contributed by atoms with Crippen LogP contribution in [0.5, 0.6) is 0 Å².